The van der Waals surface area contributed by atoms with Crippen LogP contribution in [0.3, 0.4) is 0 Å². The third-order valence-electron chi connectivity index (χ3n) is 5.65. The number of carbonyl (C=O) groups is 2. The van der Waals surface area contributed by atoms with Gasteiger partial charge in [0, 0.05) is 0 Å². The molecule has 32 heavy (non-hydrogen) atoms. The van der Waals surface area contributed by atoms with Crippen LogP contribution in [0.5, 0.6) is 0 Å². The van der Waals surface area contributed by atoms with E-state index in [0.717, 1.165) is 29.5 Å². The minimum Gasteiger partial charge on any atom is -0.467 e. The molecule has 1 N–H and O–H groups in total. The van der Waals surface area contributed by atoms with E-state index in [1.54, 1.807) is 6.08 Å². The van der Waals surface area contributed by atoms with E-state index in [9.17, 15) is 9.59 Å². The molecule has 0 fully saturated rings. The van der Waals surface area contributed by atoms with Crippen molar-refractivity contribution in [2.45, 2.75) is 30.7 Å². The number of hydrogen-bond acceptors (Lipinski definition) is 3. The van der Waals surface area contributed by atoms with Gasteiger partial charge in [-0.1, -0.05) is 97.1 Å². The molecule has 0 unspecified atom stereocenters. The van der Waals surface area contributed by atoms with Crippen LogP contribution in [0.1, 0.15) is 36.0 Å². The summed E-state index contributed by atoms with van der Waals surface area (Å²) in [5, 5.41) is 3.02. The fourth-order valence-corrected chi connectivity index (χ4v) is 4.08. The molecule has 1 amide bonds. The molecule has 0 aliphatic heterocycles. The molecule has 3 rings (SSSR count). The van der Waals surface area contributed by atoms with E-state index >= 15 is 0 Å². The smallest absolute Gasteiger partial charge is 0.328 e. The second-order valence-electron chi connectivity index (χ2n) is 7.62. The number of hydrogen-bond donors (Lipinski definition) is 1. The van der Waals surface area contributed by atoms with Crippen LogP contribution in [0.2, 0.25) is 0 Å². The standard InChI is InChI=1S/C28H29NO3/c1-3-4-8-21-25(26(30)32-2)29-27(31)28(22-15-9-5-10-16-22,23-17-11-6-12-18-23)24-19-13-7-14-20-24/h3,5-7,9-20,25H,1,4,8,21H2,2H3,(H,29,31)/t25-/m1/s1. The number of ether oxygens (including phenoxy) is 1. The molecule has 0 bridgehead atoms. The predicted octanol–water partition coefficient (Wildman–Crippen LogP) is 5.04. The first-order valence-corrected chi connectivity index (χ1v) is 10.8. The Hall–Kier alpha value is -3.66. The number of rotatable bonds is 10. The molecular formula is C28H29NO3. The van der Waals surface area contributed by atoms with Gasteiger partial charge in [0.2, 0.25) is 5.91 Å². The summed E-state index contributed by atoms with van der Waals surface area (Å²) in [4.78, 5) is 26.7. The Bertz CT molecular complexity index is 920. The number of benzene rings is 3. The predicted molar refractivity (Wildman–Crippen MR) is 127 cm³/mol. The topological polar surface area (TPSA) is 55.4 Å². The van der Waals surface area contributed by atoms with Crippen LogP contribution < -0.4 is 5.32 Å². The lowest BCUT2D eigenvalue weighted by atomic mass is 9.68. The van der Waals surface area contributed by atoms with Crippen LogP contribution in [0, 0.1) is 0 Å². The Morgan fingerprint density at radius 3 is 1.69 bits per heavy atom. The highest BCUT2D eigenvalue weighted by molar-refractivity contribution is 5.98. The zero-order valence-electron chi connectivity index (χ0n) is 18.4. The lowest BCUT2D eigenvalue weighted by molar-refractivity contribution is -0.145. The van der Waals surface area contributed by atoms with Crippen molar-refractivity contribution in [2.24, 2.45) is 0 Å². The van der Waals surface area contributed by atoms with Gasteiger partial charge >= 0.3 is 5.97 Å². The highest BCUT2D eigenvalue weighted by Gasteiger charge is 2.45. The molecule has 0 aliphatic carbocycles. The number of nitrogens with one attached hydrogen (secondary N) is 1. The van der Waals surface area contributed by atoms with Crippen LogP contribution in [-0.2, 0) is 19.7 Å². The second kappa shape index (κ2) is 11.1. The number of methoxy groups -OCH3 is 1. The molecule has 0 aromatic heterocycles. The largest absolute Gasteiger partial charge is 0.467 e. The van der Waals surface area contributed by atoms with Crippen molar-refractivity contribution in [1.82, 2.24) is 5.32 Å². The van der Waals surface area contributed by atoms with Gasteiger partial charge in [-0.05, 0) is 36.0 Å². The van der Waals surface area contributed by atoms with Crippen molar-refractivity contribution in [3.8, 4) is 0 Å². The summed E-state index contributed by atoms with van der Waals surface area (Å²) in [5.41, 5.74) is 1.34. The first kappa shape index (κ1) is 23.0. The summed E-state index contributed by atoms with van der Waals surface area (Å²) < 4.78 is 4.99. The van der Waals surface area contributed by atoms with Gasteiger partial charge < -0.3 is 10.1 Å². The Morgan fingerprint density at radius 1 is 0.875 bits per heavy atom. The van der Waals surface area contributed by atoms with E-state index in [1.807, 2.05) is 91.0 Å². The van der Waals surface area contributed by atoms with Crippen molar-refractivity contribution < 1.29 is 14.3 Å². The molecule has 4 nitrogen and oxygen atoms in total. The summed E-state index contributed by atoms with van der Waals surface area (Å²) in [6.45, 7) is 3.74. The van der Waals surface area contributed by atoms with Gasteiger partial charge in [0.1, 0.15) is 11.5 Å². The highest BCUT2D eigenvalue weighted by Crippen LogP contribution is 2.39. The van der Waals surface area contributed by atoms with Crippen molar-refractivity contribution in [1.29, 1.82) is 0 Å². The normalized spacial score (nSPS) is 11.9. The van der Waals surface area contributed by atoms with Crippen LogP contribution >= 0.6 is 0 Å². The molecule has 0 radical (unpaired) electrons. The average molecular weight is 428 g/mol. The SMILES string of the molecule is C=CCCC[C@@H](NC(=O)C(c1ccccc1)(c1ccccc1)c1ccccc1)C(=O)OC. The molecule has 0 spiro atoms. The van der Waals surface area contributed by atoms with E-state index in [4.69, 9.17) is 4.74 Å². The number of esters is 1. The molecule has 3 aromatic rings. The van der Waals surface area contributed by atoms with E-state index in [0.29, 0.717) is 6.42 Å². The summed E-state index contributed by atoms with van der Waals surface area (Å²) in [7, 11) is 1.34. The quantitative estimate of drug-likeness (QED) is 0.214. The highest BCUT2D eigenvalue weighted by atomic mass is 16.5. The van der Waals surface area contributed by atoms with Crippen LogP contribution in [-0.4, -0.2) is 25.0 Å². The molecule has 1 atom stereocenters. The first-order valence-electron chi connectivity index (χ1n) is 10.8. The van der Waals surface area contributed by atoms with Gasteiger partial charge in [-0.25, -0.2) is 4.79 Å². The van der Waals surface area contributed by atoms with Gasteiger partial charge in [-0.15, -0.1) is 6.58 Å². The molecule has 0 aliphatic rings. The Balaban J connectivity index is 2.16. The van der Waals surface area contributed by atoms with Crippen LogP contribution in [0.4, 0.5) is 0 Å². The maximum Gasteiger partial charge on any atom is 0.328 e. The summed E-state index contributed by atoms with van der Waals surface area (Å²) in [5.74, 6) is -0.722. The Labute approximate surface area is 189 Å². The van der Waals surface area contributed by atoms with E-state index in [-0.39, 0.29) is 5.91 Å². The van der Waals surface area contributed by atoms with E-state index in [1.165, 1.54) is 7.11 Å². The van der Waals surface area contributed by atoms with Gasteiger partial charge in [0.25, 0.3) is 0 Å². The fraction of sp³-hybridized carbons (Fsp3) is 0.214. The maximum atomic E-state index is 14.2. The lowest BCUT2D eigenvalue weighted by Crippen LogP contribution is -2.52. The zero-order valence-corrected chi connectivity index (χ0v) is 18.4. The van der Waals surface area contributed by atoms with Gasteiger partial charge in [-0.3, -0.25) is 4.79 Å². The number of carbonyl (C=O) groups excluding carboxylic acids is 2. The van der Waals surface area contributed by atoms with Crippen molar-refractivity contribution >= 4 is 11.9 Å². The minimum atomic E-state index is -1.13. The summed E-state index contributed by atoms with van der Waals surface area (Å²) in [6, 6.07) is 28.3. The third kappa shape index (κ3) is 4.80. The van der Waals surface area contributed by atoms with Gasteiger partial charge in [0.05, 0.1) is 7.11 Å². The summed E-state index contributed by atoms with van der Waals surface area (Å²) in [6.07, 6.45) is 3.75. The van der Waals surface area contributed by atoms with E-state index in [2.05, 4.69) is 11.9 Å². The third-order valence-corrected chi connectivity index (χ3v) is 5.65. The number of unbranched alkanes of at least 4 members (excludes halogenated alkanes) is 1. The van der Waals surface area contributed by atoms with Crippen LogP contribution in [0.15, 0.2) is 104 Å². The van der Waals surface area contributed by atoms with Crippen molar-refractivity contribution in [3.05, 3.63) is 120 Å². The Morgan fingerprint density at radius 2 is 1.31 bits per heavy atom. The average Bonchev–Trinajstić information content (AvgIpc) is 2.85. The zero-order chi connectivity index (χ0) is 22.8. The molecule has 164 valence electrons. The first-order chi connectivity index (χ1) is 15.6. The molecule has 0 heterocycles. The molecule has 0 saturated heterocycles. The molecule has 3 aromatic carbocycles. The van der Waals surface area contributed by atoms with Gasteiger partial charge in [0.15, 0.2) is 0 Å². The van der Waals surface area contributed by atoms with Crippen LogP contribution in [0.25, 0.3) is 0 Å². The van der Waals surface area contributed by atoms with Gasteiger partial charge in [-0.2, -0.15) is 0 Å². The second-order valence-corrected chi connectivity index (χ2v) is 7.62. The monoisotopic (exact) mass is 427 g/mol. The Kier molecular flexibility index (Phi) is 7.98. The molecular weight excluding hydrogens is 398 g/mol. The number of allylic oxidation sites excluding steroid dienone is 1. The maximum absolute atomic E-state index is 14.2. The number of amides is 1. The molecule has 0 saturated carbocycles. The van der Waals surface area contributed by atoms with E-state index < -0.39 is 17.4 Å². The lowest BCUT2D eigenvalue weighted by Gasteiger charge is -2.35. The van der Waals surface area contributed by atoms with Crippen molar-refractivity contribution in [2.75, 3.05) is 7.11 Å². The fourth-order valence-electron chi connectivity index (χ4n) is 4.08. The molecule has 4 heteroatoms. The van der Waals surface area contributed by atoms with Crippen molar-refractivity contribution in [3.63, 3.8) is 0 Å². The minimum absolute atomic E-state index is 0.268. The summed E-state index contributed by atoms with van der Waals surface area (Å²) >= 11 is 0.